The predicted molar refractivity (Wildman–Crippen MR) is 82.9 cm³/mol. The van der Waals surface area contributed by atoms with Crippen LogP contribution in [0.15, 0.2) is 12.1 Å². The van der Waals surface area contributed by atoms with Crippen LogP contribution in [0.5, 0.6) is 5.75 Å². The van der Waals surface area contributed by atoms with E-state index in [9.17, 15) is 14.7 Å². The fraction of sp³-hybridized carbons (Fsp3) is 0.579. The molecular formula is C19H22O3. The number of ketones is 2. The Labute approximate surface area is 130 Å². The second kappa shape index (κ2) is 4.43. The summed E-state index contributed by atoms with van der Waals surface area (Å²) < 4.78 is 0. The van der Waals surface area contributed by atoms with E-state index in [-0.39, 0.29) is 34.7 Å². The number of hydrogen-bond acceptors (Lipinski definition) is 3. The number of carbonyl (C=O) groups is 2. The topological polar surface area (TPSA) is 54.4 Å². The molecule has 0 aromatic heterocycles. The lowest BCUT2D eigenvalue weighted by molar-refractivity contribution is -0.135. The first-order chi connectivity index (χ1) is 10.4. The minimum atomic E-state index is -0.277. The van der Waals surface area contributed by atoms with Crippen LogP contribution in [0.4, 0.5) is 0 Å². The molecule has 3 aliphatic carbocycles. The van der Waals surface area contributed by atoms with Crippen molar-refractivity contribution in [3.63, 3.8) is 0 Å². The number of Topliss-reactive ketones (excluding diaryl/α,β-unsaturated/α-hetero) is 2. The van der Waals surface area contributed by atoms with Crippen molar-refractivity contribution >= 4 is 11.6 Å². The summed E-state index contributed by atoms with van der Waals surface area (Å²) in [6, 6.07) is 3.83. The fourth-order valence-electron chi connectivity index (χ4n) is 5.28. The third-order valence-corrected chi connectivity index (χ3v) is 6.57. The smallest absolute Gasteiger partial charge is 0.141 e. The molecule has 0 spiro atoms. The van der Waals surface area contributed by atoms with Crippen LogP contribution in [-0.2, 0) is 16.0 Å². The van der Waals surface area contributed by atoms with E-state index in [0.717, 1.165) is 30.4 Å². The van der Waals surface area contributed by atoms with Crippen molar-refractivity contribution in [2.45, 2.75) is 51.9 Å². The van der Waals surface area contributed by atoms with Gasteiger partial charge in [0.05, 0.1) is 0 Å². The maximum atomic E-state index is 12.8. The zero-order valence-corrected chi connectivity index (χ0v) is 13.2. The summed E-state index contributed by atoms with van der Waals surface area (Å²) in [7, 11) is 0. The van der Waals surface area contributed by atoms with Gasteiger partial charge >= 0.3 is 0 Å². The SMILES string of the molecule is Cc1cc2c(cc1O)CC(=O)C1C2CC[C@]2(C)C(=O)CCC12. The molecular weight excluding hydrogens is 276 g/mol. The van der Waals surface area contributed by atoms with Crippen LogP contribution in [0.25, 0.3) is 0 Å². The maximum Gasteiger partial charge on any atom is 0.141 e. The van der Waals surface area contributed by atoms with Gasteiger partial charge in [-0.3, -0.25) is 9.59 Å². The minimum Gasteiger partial charge on any atom is -0.508 e. The Balaban J connectivity index is 1.81. The van der Waals surface area contributed by atoms with E-state index in [1.54, 1.807) is 6.07 Å². The van der Waals surface area contributed by atoms with Crippen molar-refractivity contribution in [3.05, 3.63) is 28.8 Å². The van der Waals surface area contributed by atoms with E-state index in [0.29, 0.717) is 18.6 Å². The molecule has 1 N–H and O–H groups in total. The third-order valence-electron chi connectivity index (χ3n) is 6.57. The molecule has 3 unspecified atom stereocenters. The van der Waals surface area contributed by atoms with E-state index in [1.165, 1.54) is 5.56 Å². The largest absolute Gasteiger partial charge is 0.508 e. The zero-order chi connectivity index (χ0) is 15.6. The highest BCUT2D eigenvalue weighted by molar-refractivity contribution is 5.92. The summed E-state index contributed by atoms with van der Waals surface area (Å²) in [5, 5.41) is 9.93. The summed E-state index contributed by atoms with van der Waals surface area (Å²) in [5.41, 5.74) is 2.83. The number of carbonyl (C=O) groups excluding carboxylic acids is 2. The van der Waals surface area contributed by atoms with Crippen LogP contribution in [0.1, 0.15) is 55.2 Å². The van der Waals surface area contributed by atoms with Gasteiger partial charge in [0.2, 0.25) is 0 Å². The average Bonchev–Trinajstić information content (AvgIpc) is 2.77. The molecule has 3 aliphatic rings. The summed E-state index contributed by atoms with van der Waals surface area (Å²) >= 11 is 0. The molecule has 1 aromatic carbocycles. The first kappa shape index (κ1) is 14.0. The molecule has 0 aliphatic heterocycles. The molecule has 4 rings (SSSR count). The van der Waals surface area contributed by atoms with Crippen LogP contribution >= 0.6 is 0 Å². The van der Waals surface area contributed by atoms with Crippen LogP contribution in [0.3, 0.4) is 0 Å². The van der Waals surface area contributed by atoms with E-state index >= 15 is 0 Å². The number of hydrogen-bond donors (Lipinski definition) is 1. The van der Waals surface area contributed by atoms with Gasteiger partial charge < -0.3 is 5.11 Å². The number of rotatable bonds is 0. The van der Waals surface area contributed by atoms with Crippen molar-refractivity contribution < 1.29 is 14.7 Å². The van der Waals surface area contributed by atoms with Crippen LogP contribution in [0.2, 0.25) is 0 Å². The van der Waals surface area contributed by atoms with Crippen molar-refractivity contribution in [1.29, 1.82) is 0 Å². The summed E-state index contributed by atoms with van der Waals surface area (Å²) in [6.07, 6.45) is 3.72. The van der Waals surface area contributed by atoms with Gasteiger partial charge in [-0.2, -0.15) is 0 Å². The van der Waals surface area contributed by atoms with Crippen molar-refractivity contribution in [2.75, 3.05) is 0 Å². The number of fused-ring (bicyclic) bond motifs is 5. The van der Waals surface area contributed by atoms with Crippen molar-refractivity contribution in [1.82, 2.24) is 0 Å². The number of phenols is 1. The Morgan fingerprint density at radius 1 is 1.23 bits per heavy atom. The van der Waals surface area contributed by atoms with E-state index in [4.69, 9.17) is 0 Å². The van der Waals surface area contributed by atoms with Crippen molar-refractivity contribution in [2.24, 2.45) is 17.3 Å². The molecule has 0 radical (unpaired) electrons. The molecule has 1 aromatic rings. The van der Waals surface area contributed by atoms with E-state index < -0.39 is 0 Å². The monoisotopic (exact) mass is 298 g/mol. The third kappa shape index (κ3) is 1.68. The van der Waals surface area contributed by atoms with Crippen LogP contribution in [0, 0.1) is 24.2 Å². The lowest BCUT2D eigenvalue weighted by Crippen LogP contribution is -2.46. The van der Waals surface area contributed by atoms with Crippen LogP contribution < -0.4 is 0 Å². The van der Waals surface area contributed by atoms with Gasteiger partial charge in [0, 0.05) is 24.2 Å². The standard InChI is InChI=1S/C19H22O3/c1-10-7-13-11(8-15(10)20)9-16(21)18-12(13)5-6-19(2)14(18)3-4-17(19)22/h7-8,12,14,18,20H,3-6,9H2,1-2H3/t12?,14?,18?,19-/m0/s1. The van der Waals surface area contributed by atoms with Gasteiger partial charge in [0.15, 0.2) is 0 Å². The maximum absolute atomic E-state index is 12.8. The molecule has 3 heteroatoms. The molecule has 2 saturated carbocycles. The molecule has 22 heavy (non-hydrogen) atoms. The Kier molecular flexibility index (Phi) is 2.82. The molecule has 0 amide bonds. The molecule has 116 valence electrons. The first-order valence-corrected chi connectivity index (χ1v) is 8.30. The normalized spacial score (nSPS) is 36.7. The molecule has 0 bridgehead atoms. The molecule has 4 atom stereocenters. The average molecular weight is 298 g/mol. The number of aromatic hydroxyl groups is 1. The highest BCUT2D eigenvalue weighted by Gasteiger charge is 2.56. The number of aryl methyl sites for hydroxylation is 1. The Bertz CT molecular complexity index is 690. The van der Waals surface area contributed by atoms with Gasteiger partial charge in [0.25, 0.3) is 0 Å². The van der Waals surface area contributed by atoms with Crippen LogP contribution in [-0.4, -0.2) is 16.7 Å². The zero-order valence-electron chi connectivity index (χ0n) is 13.2. The number of benzene rings is 1. The lowest BCUT2D eigenvalue weighted by atomic mass is 9.55. The predicted octanol–water partition coefficient (Wildman–Crippen LogP) is 3.30. The molecule has 3 nitrogen and oxygen atoms in total. The Morgan fingerprint density at radius 3 is 2.77 bits per heavy atom. The van der Waals surface area contributed by atoms with Gasteiger partial charge in [-0.25, -0.2) is 0 Å². The van der Waals surface area contributed by atoms with Crippen molar-refractivity contribution in [3.8, 4) is 5.75 Å². The highest BCUT2D eigenvalue weighted by atomic mass is 16.3. The van der Waals surface area contributed by atoms with Gasteiger partial charge in [-0.05, 0) is 60.8 Å². The second-order valence-corrected chi connectivity index (χ2v) is 7.64. The highest BCUT2D eigenvalue weighted by Crippen LogP contribution is 2.58. The Morgan fingerprint density at radius 2 is 2.00 bits per heavy atom. The van der Waals surface area contributed by atoms with E-state index in [2.05, 4.69) is 13.0 Å². The second-order valence-electron chi connectivity index (χ2n) is 7.64. The molecule has 2 fully saturated rings. The number of phenolic OH excluding ortho intramolecular Hbond substituents is 1. The fourth-order valence-corrected chi connectivity index (χ4v) is 5.28. The minimum absolute atomic E-state index is 0.00152. The quantitative estimate of drug-likeness (QED) is 0.799. The summed E-state index contributed by atoms with van der Waals surface area (Å²) in [5.74, 6) is 1.36. The lowest BCUT2D eigenvalue weighted by Gasteiger charge is -2.47. The van der Waals surface area contributed by atoms with E-state index in [1.807, 2.05) is 6.92 Å². The summed E-state index contributed by atoms with van der Waals surface area (Å²) in [4.78, 5) is 25.1. The van der Waals surface area contributed by atoms with Gasteiger partial charge in [-0.1, -0.05) is 13.0 Å². The molecule has 0 saturated heterocycles. The summed E-state index contributed by atoms with van der Waals surface area (Å²) in [6.45, 7) is 3.99. The molecule has 0 heterocycles. The van der Waals surface area contributed by atoms with Gasteiger partial charge in [-0.15, -0.1) is 0 Å². The van der Waals surface area contributed by atoms with Gasteiger partial charge in [0.1, 0.15) is 17.3 Å². The first-order valence-electron chi connectivity index (χ1n) is 8.30. The Hall–Kier alpha value is -1.64.